The molecule has 3 rings (SSSR count). The highest BCUT2D eigenvalue weighted by atomic mass is 19.1. The summed E-state index contributed by atoms with van der Waals surface area (Å²) in [5, 5.41) is 0. The first-order valence-electron chi connectivity index (χ1n) is 8.24. The maximum absolute atomic E-state index is 14.0. The molecule has 128 valence electrons. The van der Waals surface area contributed by atoms with E-state index in [1.54, 1.807) is 6.07 Å². The molecule has 0 radical (unpaired) electrons. The second-order valence-corrected chi connectivity index (χ2v) is 6.36. The molecule has 0 spiro atoms. The number of hydrogen-bond acceptors (Lipinski definition) is 0. The Morgan fingerprint density at radius 1 is 0.640 bits per heavy atom. The average molecular weight is 340 g/mol. The zero-order valence-electron chi connectivity index (χ0n) is 14.2. The number of rotatable bonds is 4. The van der Waals surface area contributed by atoms with E-state index in [4.69, 9.17) is 0 Å². The summed E-state index contributed by atoms with van der Waals surface area (Å²) < 4.78 is 41.2. The maximum atomic E-state index is 14.0. The first kappa shape index (κ1) is 17.3. The van der Waals surface area contributed by atoms with Crippen molar-refractivity contribution in [1.82, 2.24) is 0 Å². The van der Waals surface area contributed by atoms with Crippen molar-refractivity contribution < 1.29 is 13.2 Å². The lowest BCUT2D eigenvalue weighted by Crippen LogP contribution is -1.96. The summed E-state index contributed by atoms with van der Waals surface area (Å²) in [4.78, 5) is 0. The molecule has 0 nitrogen and oxygen atoms in total. The van der Waals surface area contributed by atoms with Crippen LogP contribution in [0.5, 0.6) is 0 Å². The molecular formula is C22H19F3. The third-order valence-electron chi connectivity index (χ3n) is 4.43. The van der Waals surface area contributed by atoms with Crippen LogP contribution in [-0.4, -0.2) is 0 Å². The molecular weight excluding hydrogens is 321 g/mol. The number of halogens is 3. The molecule has 0 aliphatic carbocycles. The maximum Gasteiger partial charge on any atom is 0.131 e. The van der Waals surface area contributed by atoms with Gasteiger partial charge in [-0.15, -0.1) is 0 Å². The Morgan fingerprint density at radius 3 is 1.84 bits per heavy atom. The van der Waals surface area contributed by atoms with E-state index in [0.717, 1.165) is 16.7 Å². The predicted octanol–water partition coefficient (Wildman–Crippen LogP) is 6.17. The van der Waals surface area contributed by atoms with Crippen LogP contribution in [-0.2, 0) is 12.8 Å². The van der Waals surface area contributed by atoms with Crippen molar-refractivity contribution in [2.75, 3.05) is 0 Å². The quantitative estimate of drug-likeness (QED) is 0.532. The summed E-state index contributed by atoms with van der Waals surface area (Å²) in [6, 6.07) is 15.5. The van der Waals surface area contributed by atoms with E-state index in [9.17, 15) is 13.2 Å². The van der Waals surface area contributed by atoms with Gasteiger partial charge in [0.1, 0.15) is 17.5 Å². The standard InChI is InChI=1S/C22H19F3/c1-14-3-10-19(22(25)11-14)18-8-6-16(7-9-18)4-5-17-12-20(23)15(2)21(24)13-17/h3,6-13H,4-5H2,1-2H3. The largest absolute Gasteiger partial charge is 0.207 e. The lowest BCUT2D eigenvalue weighted by Gasteiger charge is -2.08. The minimum absolute atomic E-state index is 0.0493. The first-order chi connectivity index (χ1) is 11.9. The molecule has 0 amide bonds. The predicted molar refractivity (Wildman–Crippen MR) is 95.1 cm³/mol. The molecule has 3 aromatic rings. The summed E-state index contributed by atoms with van der Waals surface area (Å²) in [6.07, 6.45) is 1.21. The number of benzene rings is 3. The highest BCUT2D eigenvalue weighted by molar-refractivity contribution is 5.64. The van der Waals surface area contributed by atoms with Gasteiger partial charge in [-0.05, 0) is 67.1 Å². The topological polar surface area (TPSA) is 0 Å². The number of hydrogen-bond donors (Lipinski definition) is 0. The van der Waals surface area contributed by atoms with Gasteiger partial charge >= 0.3 is 0 Å². The lowest BCUT2D eigenvalue weighted by atomic mass is 9.99. The zero-order valence-corrected chi connectivity index (χ0v) is 14.2. The van der Waals surface area contributed by atoms with Gasteiger partial charge in [0.15, 0.2) is 0 Å². The lowest BCUT2D eigenvalue weighted by molar-refractivity contribution is 0.564. The SMILES string of the molecule is Cc1ccc(-c2ccc(CCc3cc(F)c(C)c(F)c3)cc2)c(F)c1. The average Bonchev–Trinajstić information content (AvgIpc) is 2.58. The van der Waals surface area contributed by atoms with Crippen LogP contribution in [0, 0.1) is 31.3 Å². The van der Waals surface area contributed by atoms with Gasteiger partial charge < -0.3 is 0 Å². The summed E-state index contributed by atoms with van der Waals surface area (Å²) in [6.45, 7) is 3.28. The molecule has 3 aromatic carbocycles. The van der Waals surface area contributed by atoms with E-state index in [0.29, 0.717) is 24.0 Å². The summed E-state index contributed by atoms with van der Waals surface area (Å²) >= 11 is 0. The monoisotopic (exact) mass is 340 g/mol. The van der Waals surface area contributed by atoms with Crippen molar-refractivity contribution in [3.05, 3.63) is 94.3 Å². The van der Waals surface area contributed by atoms with Gasteiger partial charge in [0.25, 0.3) is 0 Å². The van der Waals surface area contributed by atoms with Gasteiger partial charge in [0.05, 0.1) is 0 Å². The van der Waals surface area contributed by atoms with Crippen LogP contribution in [0.3, 0.4) is 0 Å². The normalized spacial score (nSPS) is 10.9. The van der Waals surface area contributed by atoms with Crippen molar-refractivity contribution in [3.8, 4) is 11.1 Å². The van der Waals surface area contributed by atoms with Crippen LogP contribution in [0.1, 0.15) is 22.3 Å². The molecule has 0 heterocycles. The van der Waals surface area contributed by atoms with E-state index in [1.807, 2.05) is 37.3 Å². The van der Waals surface area contributed by atoms with E-state index in [-0.39, 0.29) is 11.4 Å². The van der Waals surface area contributed by atoms with Crippen LogP contribution in [0.15, 0.2) is 54.6 Å². The van der Waals surface area contributed by atoms with Gasteiger partial charge in [-0.3, -0.25) is 0 Å². The second-order valence-electron chi connectivity index (χ2n) is 6.36. The van der Waals surface area contributed by atoms with Crippen LogP contribution in [0.4, 0.5) is 13.2 Å². The molecule has 0 saturated heterocycles. The molecule has 0 aliphatic heterocycles. The molecule has 25 heavy (non-hydrogen) atoms. The van der Waals surface area contributed by atoms with Crippen molar-refractivity contribution in [2.24, 2.45) is 0 Å². The Hall–Kier alpha value is -2.55. The third kappa shape index (κ3) is 3.93. The summed E-state index contributed by atoms with van der Waals surface area (Å²) in [7, 11) is 0. The Balaban J connectivity index is 1.73. The van der Waals surface area contributed by atoms with Crippen LogP contribution < -0.4 is 0 Å². The molecule has 0 saturated carbocycles. The highest BCUT2D eigenvalue weighted by Crippen LogP contribution is 2.24. The molecule has 0 bridgehead atoms. The molecule has 0 aromatic heterocycles. The smallest absolute Gasteiger partial charge is 0.131 e. The second kappa shape index (κ2) is 7.14. The molecule has 0 N–H and O–H groups in total. The molecule has 0 unspecified atom stereocenters. The minimum Gasteiger partial charge on any atom is -0.207 e. The minimum atomic E-state index is -0.514. The van der Waals surface area contributed by atoms with Gasteiger partial charge in [-0.2, -0.15) is 0 Å². The van der Waals surface area contributed by atoms with Gasteiger partial charge in [-0.1, -0.05) is 36.4 Å². The molecule has 0 fully saturated rings. The highest BCUT2D eigenvalue weighted by Gasteiger charge is 2.08. The van der Waals surface area contributed by atoms with Crippen molar-refractivity contribution >= 4 is 0 Å². The van der Waals surface area contributed by atoms with Gasteiger partial charge in [0.2, 0.25) is 0 Å². The Kier molecular flexibility index (Phi) is 4.93. The van der Waals surface area contributed by atoms with Crippen LogP contribution in [0.2, 0.25) is 0 Å². The van der Waals surface area contributed by atoms with Crippen molar-refractivity contribution in [3.63, 3.8) is 0 Å². The van der Waals surface area contributed by atoms with E-state index < -0.39 is 11.6 Å². The van der Waals surface area contributed by atoms with Gasteiger partial charge in [0, 0.05) is 11.1 Å². The first-order valence-corrected chi connectivity index (χ1v) is 8.24. The fourth-order valence-corrected chi connectivity index (χ4v) is 2.84. The van der Waals surface area contributed by atoms with E-state index in [2.05, 4.69) is 0 Å². The van der Waals surface area contributed by atoms with Crippen LogP contribution >= 0.6 is 0 Å². The zero-order chi connectivity index (χ0) is 18.0. The molecule has 3 heteroatoms. The Labute approximate surface area is 146 Å². The molecule has 0 atom stereocenters. The van der Waals surface area contributed by atoms with Gasteiger partial charge in [-0.25, -0.2) is 13.2 Å². The number of aryl methyl sites for hydroxylation is 3. The fourth-order valence-electron chi connectivity index (χ4n) is 2.84. The van der Waals surface area contributed by atoms with Crippen molar-refractivity contribution in [2.45, 2.75) is 26.7 Å². The third-order valence-corrected chi connectivity index (χ3v) is 4.43. The molecule has 0 aliphatic rings. The Bertz CT molecular complexity index is 873. The van der Waals surface area contributed by atoms with Crippen molar-refractivity contribution in [1.29, 1.82) is 0 Å². The summed E-state index contributed by atoms with van der Waals surface area (Å²) in [5.74, 6) is -1.27. The van der Waals surface area contributed by atoms with E-state index >= 15 is 0 Å². The Morgan fingerprint density at radius 2 is 1.24 bits per heavy atom. The summed E-state index contributed by atoms with van der Waals surface area (Å²) in [5.41, 5.74) is 3.99. The fraction of sp³-hybridized carbons (Fsp3) is 0.182. The van der Waals surface area contributed by atoms with E-state index in [1.165, 1.54) is 25.1 Å². The van der Waals surface area contributed by atoms with Crippen LogP contribution in [0.25, 0.3) is 11.1 Å².